The summed E-state index contributed by atoms with van der Waals surface area (Å²) in [5, 5.41) is 0. The minimum atomic E-state index is -0.396. The molecule has 6 heteroatoms. The number of carbonyl (C=O) groups excluding carboxylic acids is 2. The molecule has 2 rings (SSSR count). The van der Waals surface area contributed by atoms with Crippen molar-refractivity contribution in [3.8, 4) is 0 Å². The van der Waals surface area contributed by atoms with E-state index in [0.29, 0.717) is 26.1 Å². The number of carbonyl (C=O) groups is 2. The van der Waals surface area contributed by atoms with E-state index < -0.39 is 12.2 Å². The van der Waals surface area contributed by atoms with Crippen LogP contribution in [0, 0.1) is 0 Å². The molecule has 0 N–H and O–H groups in total. The van der Waals surface area contributed by atoms with Crippen molar-refractivity contribution < 1.29 is 28.5 Å². The maximum Gasteiger partial charge on any atom is 0.306 e. The first-order chi connectivity index (χ1) is 9.65. The fraction of sp³-hybridized carbons (Fsp3) is 0.857. The molecule has 4 atom stereocenters. The average Bonchev–Trinajstić information content (AvgIpc) is 3.00. The van der Waals surface area contributed by atoms with Crippen LogP contribution in [-0.2, 0) is 28.5 Å². The second kappa shape index (κ2) is 7.04. The van der Waals surface area contributed by atoms with Crippen LogP contribution in [-0.4, -0.2) is 49.6 Å². The number of rotatable bonds is 6. The summed E-state index contributed by atoms with van der Waals surface area (Å²) >= 11 is 0. The molecule has 2 aliphatic rings. The fourth-order valence-electron chi connectivity index (χ4n) is 2.43. The monoisotopic (exact) mass is 286 g/mol. The van der Waals surface area contributed by atoms with Crippen molar-refractivity contribution in [3.05, 3.63) is 0 Å². The highest BCUT2D eigenvalue weighted by molar-refractivity contribution is 5.70. The molecule has 2 heterocycles. The standard InChI is InChI=1S/C14H22O6/c1-3-5-6-12(16)20-10-8-18-13-9(7-17-14(10)13)19-11(15)4-2/h9-10,13-14H,3-8H2,1-2H3. The van der Waals surface area contributed by atoms with Crippen molar-refractivity contribution in [3.63, 3.8) is 0 Å². The number of esters is 2. The molecule has 114 valence electrons. The molecular weight excluding hydrogens is 264 g/mol. The van der Waals surface area contributed by atoms with Crippen LogP contribution in [0.3, 0.4) is 0 Å². The third kappa shape index (κ3) is 3.49. The Hall–Kier alpha value is -1.14. The first-order valence-electron chi connectivity index (χ1n) is 7.27. The minimum Gasteiger partial charge on any atom is -0.457 e. The van der Waals surface area contributed by atoms with Gasteiger partial charge in [-0.15, -0.1) is 0 Å². The van der Waals surface area contributed by atoms with E-state index in [9.17, 15) is 9.59 Å². The molecule has 20 heavy (non-hydrogen) atoms. The Bertz CT molecular complexity index is 356. The highest BCUT2D eigenvalue weighted by atomic mass is 16.7. The number of fused-ring (bicyclic) bond motifs is 1. The van der Waals surface area contributed by atoms with Gasteiger partial charge >= 0.3 is 11.9 Å². The molecule has 0 bridgehead atoms. The zero-order valence-corrected chi connectivity index (χ0v) is 12.0. The number of hydrogen-bond acceptors (Lipinski definition) is 6. The Balaban J connectivity index is 1.83. The van der Waals surface area contributed by atoms with Gasteiger partial charge in [0.15, 0.2) is 12.2 Å². The van der Waals surface area contributed by atoms with Crippen LogP contribution in [0.15, 0.2) is 0 Å². The Labute approximate surface area is 118 Å². The second-order valence-corrected chi connectivity index (χ2v) is 5.11. The Kier molecular flexibility index (Phi) is 5.37. The van der Waals surface area contributed by atoms with Gasteiger partial charge in [0.2, 0.25) is 0 Å². The van der Waals surface area contributed by atoms with Crippen molar-refractivity contribution in [1.82, 2.24) is 0 Å². The van der Waals surface area contributed by atoms with Gasteiger partial charge in [-0.25, -0.2) is 0 Å². The molecule has 6 nitrogen and oxygen atoms in total. The molecule has 0 spiro atoms. The number of hydrogen-bond donors (Lipinski definition) is 0. The topological polar surface area (TPSA) is 71.1 Å². The third-order valence-electron chi connectivity index (χ3n) is 3.55. The largest absolute Gasteiger partial charge is 0.457 e. The lowest BCUT2D eigenvalue weighted by atomic mass is 10.1. The van der Waals surface area contributed by atoms with Crippen LogP contribution in [0.2, 0.25) is 0 Å². The van der Waals surface area contributed by atoms with E-state index >= 15 is 0 Å². The minimum absolute atomic E-state index is 0.223. The Morgan fingerprint density at radius 3 is 2.05 bits per heavy atom. The lowest BCUT2D eigenvalue weighted by Crippen LogP contribution is -2.35. The first-order valence-corrected chi connectivity index (χ1v) is 7.27. The summed E-state index contributed by atoms with van der Waals surface area (Å²) in [6, 6.07) is 0. The van der Waals surface area contributed by atoms with Crippen LogP contribution < -0.4 is 0 Å². The van der Waals surface area contributed by atoms with E-state index in [2.05, 4.69) is 0 Å². The molecule has 0 saturated carbocycles. The summed E-state index contributed by atoms with van der Waals surface area (Å²) in [5.41, 5.74) is 0. The average molecular weight is 286 g/mol. The van der Waals surface area contributed by atoms with Crippen LogP contribution in [0.4, 0.5) is 0 Å². The van der Waals surface area contributed by atoms with Gasteiger partial charge in [-0.2, -0.15) is 0 Å². The predicted molar refractivity (Wildman–Crippen MR) is 69.1 cm³/mol. The van der Waals surface area contributed by atoms with E-state index in [-0.39, 0.29) is 24.1 Å². The van der Waals surface area contributed by atoms with Gasteiger partial charge in [0, 0.05) is 12.8 Å². The smallest absolute Gasteiger partial charge is 0.306 e. The van der Waals surface area contributed by atoms with E-state index in [1.807, 2.05) is 6.92 Å². The van der Waals surface area contributed by atoms with Gasteiger partial charge in [0.1, 0.15) is 12.2 Å². The second-order valence-electron chi connectivity index (χ2n) is 5.11. The summed E-state index contributed by atoms with van der Waals surface area (Å²) < 4.78 is 21.8. The first kappa shape index (κ1) is 15.3. The van der Waals surface area contributed by atoms with Gasteiger partial charge in [0.05, 0.1) is 13.2 Å². The van der Waals surface area contributed by atoms with Crippen LogP contribution >= 0.6 is 0 Å². The van der Waals surface area contributed by atoms with Crippen molar-refractivity contribution in [2.45, 2.75) is 63.9 Å². The van der Waals surface area contributed by atoms with Crippen molar-refractivity contribution in [2.75, 3.05) is 13.2 Å². The third-order valence-corrected chi connectivity index (χ3v) is 3.55. The lowest BCUT2D eigenvalue weighted by Gasteiger charge is -2.17. The quantitative estimate of drug-likeness (QED) is 0.683. The fourth-order valence-corrected chi connectivity index (χ4v) is 2.43. The molecule has 2 aliphatic heterocycles. The summed E-state index contributed by atoms with van der Waals surface area (Å²) in [5.74, 6) is -0.495. The summed E-state index contributed by atoms with van der Waals surface area (Å²) in [6.07, 6.45) is 1.07. The molecule has 0 aliphatic carbocycles. The lowest BCUT2D eigenvalue weighted by molar-refractivity contribution is -0.155. The van der Waals surface area contributed by atoms with E-state index in [0.717, 1.165) is 12.8 Å². The van der Waals surface area contributed by atoms with Gasteiger partial charge in [-0.05, 0) is 6.42 Å². The maximum atomic E-state index is 11.6. The molecular formula is C14H22O6. The molecule has 0 aromatic heterocycles. The summed E-state index contributed by atoms with van der Waals surface area (Å²) in [4.78, 5) is 22.9. The highest BCUT2D eigenvalue weighted by Gasteiger charge is 2.50. The van der Waals surface area contributed by atoms with E-state index in [1.165, 1.54) is 0 Å². The molecule has 2 fully saturated rings. The number of unbranched alkanes of at least 4 members (excludes halogenated alkanes) is 1. The molecule has 0 aromatic carbocycles. The zero-order chi connectivity index (χ0) is 14.5. The summed E-state index contributed by atoms with van der Waals surface area (Å²) in [6.45, 7) is 4.36. The molecule has 2 saturated heterocycles. The van der Waals surface area contributed by atoms with Gasteiger partial charge in [-0.3, -0.25) is 9.59 Å². The van der Waals surface area contributed by atoms with Crippen LogP contribution in [0.5, 0.6) is 0 Å². The highest BCUT2D eigenvalue weighted by Crippen LogP contribution is 2.31. The Morgan fingerprint density at radius 2 is 1.55 bits per heavy atom. The normalized spacial score (nSPS) is 31.9. The van der Waals surface area contributed by atoms with Crippen molar-refractivity contribution in [2.24, 2.45) is 0 Å². The number of ether oxygens (including phenoxy) is 4. The Morgan fingerprint density at radius 1 is 1.00 bits per heavy atom. The van der Waals surface area contributed by atoms with E-state index in [1.54, 1.807) is 6.92 Å². The van der Waals surface area contributed by atoms with Gasteiger partial charge in [-0.1, -0.05) is 20.3 Å². The zero-order valence-electron chi connectivity index (χ0n) is 12.0. The molecule has 4 unspecified atom stereocenters. The van der Waals surface area contributed by atoms with Crippen LogP contribution in [0.25, 0.3) is 0 Å². The van der Waals surface area contributed by atoms with Gasteiger partial charge in [0.25, 0.3) is 0 Å². The predicted octanol–water partition coefficient (Wildman–Crippen LogP) is 1.21. The van der Waals surface area contributed by atoms with Crippen molar-refractivity contribution >= 4 is 11.9 Å². The van der Waals surface area contributed by atoms with Gasteiger partial charge < -0.3 is 18.9 Å². The molecule has 0 aromatic rings. The molecule has 0 radical (unpaired) electrons. The molecule has 0 amide bonds. The SMILES string of the molecule is CCCCC(=O)OC1COC2C(OC(=O)CC)COC12. The van der Waals surface area contributed by atoms with Crippen LogP contribution in [0.1, 0.15) is 39.5 Å². The summed E-state index contributed by atoms with van der Waals surface area (Å²) in [7, 11) is 0. The maximum absolute atomic E-state index is 11.6. The van der Waals surface area contributed by atoms with E-state index in [4.69, 9.17) is 18.9 Å². The van der Waals surface area contributed by atoms with Crippen molar-refractivity contribution in [1.29, 1.82) is 0 Å².